The van der Waals surface area contributed by atoms with Gasteiger partial charge in [-0.1, -0.05) is 22.0 Å². The lowest BCUT2D eigenvalue weighted by Crippen LogP contribution is -2.24. The van der Waals surface area contributed by atoms with Gasteiger partial charge in [0.2, 0.25) is 5.95 Å². The number of nitrogens with zero attached hydrogens (tertiary/aromatic N) is 3. The van der Waals surface area contributed by atoms with Crippen molar-refractivity contribution in [3.63, 3.8) is 0 Å². The van der Waals surface area contributed by atoms with Crippen LogP contribution in [0.1, 0.15) is 20.8 Å². The van der Waals surface area contributed by atoms with Crippen molar-refractivity contribution in [3.05, 3.63) is 45.3 Å². The SMILES string of the molecule is CC(C)(C)n1ncc2c(=O)[nH]c(NCCOc3cccc(Br)c3)nc21. The first-order valence-electron chi connectivity index (χ1n) is 7.95. The highest BCUT2D eigenvalue weighted by Crippen LogP contribution is 2.19. The number of halogens is 1. The fourth-order valence-corrected chi connectivity index (χ4v) is 2.77. The van der Waals surface area contributed by atoms with Gasteiger partial charge in [0, 0.05) is 4.47 Å². The van der Waals surface area contributed by atoms with E-state index in [2.05, 4.69) is 36.3 Å². The van der Waals surface area contributed by atoms with E-state index in [9.17, 15) is 4.79 Å². The summed E-state index contributed by atoms with van der Waals surface area (Å²) in [5.74, 6) is 1.18. The highest BCUT2D eigenvalue weighted by atomic mass is 79.9. The van der Waals surface area contributed by atoms with Crippen molar-refractivity contribution < 1.29 is 4.74 Å². The molecule has 0 saturated heterocycles. The van der Waals surface area contributed by atoms with Crippen molar-refractivity contribution in [3.8, 4) is 5.75 Å². The molecule has 3 rings (SSSR count). The monoisotopic (exact) mass is 405 g/mol. The van der Waals surface area contributed by atoms with Crippen LogP contribution in [0.3, 0.4) is 0 Å². The van der Waals surface area contributed by atoms with Crippen LogP contribution in [0.15, 0.2) is 39.7 Å². The third kappa shape index (κ3) is 4.01. The third-order valence-electron chi connectivity index (χ3n) is 3.53. The maximum Gasteiger partial charge on any atom is 0.263 e. The van der Waals surface area contributed by atoms with Crippen LogP contribution >= 0.6 is 15.9 Å². The minimum absolute atomic E-state index is 0.212. The second-order valence-corrected chi connectivity index (χ2v) is 7.53. The number of aromatic amines is 1. The van der Waals surface area contributed by atoms with E-state index in [1.54, 1.807) is 10.9 Å². The van der Waals surface area contributed by atoms with Gasteiger partial charge in [-0.25, -0.2) is 4.68 Å². The summed E-state index contributed by atoms with van der Waals surface area (Å²) in [6, 6.07) is 7.63. The molecule has 0 unspecified atom stereocenters. The quantitative estimate of drug-likeness (QED) is 0.636. The number of hydrogen-bond acceptors (Lipinski definition) is 5. The van der Waals surface area contributed by atoms with Gasteiger partial charge in [0.25, 0.3) is 5.56 Å². The van der Waals surface area contributed by atoms with Crippen molar-refractivity contribution in [2.45, 2.75) is 26.3 Å². The van der Waals surface area contributed by atoms with E-state index in [0.717, 1.165) is 10.2 Å². The number of anilines is 1. The zero-order valence-electron chi connectivity index (χ0n) is 14.3. The van der Waals surface area contributed by atoms with Crippen molar-refractivity contribution in [1.29, 1.82) is 0 Å². The van der Waals surface area contributed by atoms with Gasteiger partial charge in [0.05, 0.1) is 18.3 Å². The number of ether oxygens (including phenoxy) is 1. The van der Waals surface area contributed by atoms with E-state index in [1.165, 1.54) is 0 Å². The van der Waals surface area contributed by atoms with Crippen molar-refractivity contribution in [2.24, 2.45) is 0 Å². The van der Waals surface area contributed by atoms with Gasteiger partial charge < -0.3 is 10.1 Å². The second-order valence-electron chi connectivity index (χ2n) is 6.61. The highest BCUT2D eigenvalue weighted by Gasteiger charge is 2.19. The normalized spacial score (nSPS) is 11.7. The summed E-state index contributed by atoms with van der Waals surface area (Å²) >= 11 is 3.40. The predicted octanol–water partition coefficient (Wildman–Crippen LogP) is 3.13. The lowest BCUT2D eigenvalue weighted by molar-refractivity contribution is 0.332. The molecule has 3 aromatic rings. The molecule has 0 amide bonds. The molecule has 2 aromatic heterocycles. The Kier molecular flexibility index (Phi) is 4.80. The summed E-state index contributed by atoms with van der Waals surface area (Å²) in [6.07, 6.45) is 1.55. The summed E-state index contributed by atoms with van der Waals surface area (Å²) < 4.78 is 8.37. The molecule has 0 saturated carbocycles. The van der Waals surface area contributed by atoms with Crippen LogP contribution in [-0.4, -0.2) is 32.9 Å². The molecule has 0 aliphatic heterocycles. The standard InChI is InChI=1S/C17H20BrN5O2/c1-17(2,3)23-14-13(10-20-23)15(24)22-16(21-14)19-7-8-25-12-6-4-5-11(18)9-12/h4-6,9-10H,7-8H2,1-3H3,(H2,19,21,22,24). The fraction of sp³-hybridized carbons (Fsp3) is 0.353. The predicted molar refractivity (Wildman–Crippen MR) is 101 cm³/mol. The third-order valence-corrected chi connectivity index (χ3v) is 4.03. The van der Waals surface area contributed by atoms with Gasteiger partial charge in [-0.15, -0.1) is 0 Å². The highest BCUT2D eigenvalue weighted by molar-refractivity contribution is 9.10. The second kappa shape index (κ2) is 6.87. The minimum atomic E-state index is -0.260. The van der Waals surface area contributed by atoms with Crippen molar-refractivity contribution >= 4 is 32.9 Å². The molecule has 1 aromatic carbocycles. The first kappa shape index (κ1) is 17.5. The topological polar surface area (TPSA) is 84.8 Å². The van der Waals surface area contributed by atoms with Gasteiger partial charge in [0.1, 0.15) is 17.7 Å². The first-order valence-corrected chi connectivity index (χ1v) is 8.75. The van der Waals surface area contributed by atoms with Crippen LogP contribution in [0.25, 0.3) is 11.0 Å². The Hall–Kier alpha value is -2.35. The van der Waals surface area contributed by atoms with E-state index in [-0.39, 0.29) is 11.1 Å². The molecule has 0 aliphatic carbocycles. The molecule has 0 aliphatic rings. The Morgan fingerprint density at radius 2 is 2.16 bits per heavy atom. The van der Waals surface area contributed by atoms with Crippen LogP contribution in [-0.2, 0) is 5.54 Å². The molecule has 0 atom stereocenters. The summed E-state index contributed by atoms with van der Waals surface area (Å²) in [5.41, 5.74) is 0.0893. The summed E-state index contributed by atoms with van der Waals surface area (Å²) in [5, 5.41) is 7.85. The zero-order valence-corrected chi connectivity index (χ0v) is 15.9. The fourth-order valence-electron chi connectivity index (χ4n) is 2.39. The van der Waals surface area contributed by atoms with Gasteiger partial charge in [0.15, 0.2) is 5.65 Å². The van der Waals surface area contributed by atoms with Crippen LogP contribution in [0.4, 0.5) is 5.95 Å². The number of H-pyrrole nitrogens is 1. The number of fused-ring (bicyclic) bond motifs is 1. The van der Waals surface area contributed by atoms with Crippen molar-refractivity contribution in [1.82, 2.24) is 19.7 Å². The van der Waals surface area contributed by atoms with Crippen molar-refractivity contribution in [2.75, 3.05) is 18.5 Å². The molecule has 2 heterocycles. The molecule has 0 spiro atoms. The first-order chi connectivity index (χ1) is 11.8. The lowest BCUT2D eigenvalue weighted by Gasteiger charge is -2.19. The molecular formula is C17H20BrN5O2. The molecule has 7 nitrogen and oxygen atoms in total. The van der Waals surface area contributed by atoms with Crippen LogP contribution in [0, 0.1) is 0 Å². The van der Waals surface area contributed by atoms with Crippen LogP contribution < -0.4 is 15.6 Å². The summed E-state index contributed by atoms with van der Waals surface area (Å²) in [6.45, 7) is 6.99. The Labute approximate surface area is 153 Å². The molecule has 0 radical (unpaired) electrons. The molecule has 2 N–H and O–H groups in total. The number of benzene rings is 1. The molecule has 0 fully saturated rings. The average Bonchev–Trinajstić information content (AvgIpc) is 2.96. The molecule has 25 heavy (non-hydrogen) atoms. The maximum atomic E-state index is 12.2. The number of rotatable bonds is 5. The minimum Gasteiger partial charge on any atom is -0.492 e. The van der Waals surface area contributed by atoms with Gasteiger partial charge in [-0.05, 0) is 39.0 Å². The zero-order chi connectivity index (χ0) is 18.0. The lowest BCUT2D eigenvalue weighted by atomic mass is 10.1. The Balaban J connectivity index is 1.70. The van der Waals surface area contributed by atoms with Crippen LogP contribution in [0.5, 0.6) is 5.75 Å². The largest absolute Gasteiger partial charge is 0.492 e. The molecule has 0 bridgehead atoms. The summed E-state index contributed by atoms with van der Waals surface area (Å²) in [7, 11) is 0. The number of nitrogens with one attached hydrogen (secondary N) is 2. The van der Waals surface area contributed by atoms with Crippen LogP contribution in [0.2, 0.25) is 0 Å². The smallest absolute Gasteiger partial charge is 0.263 e. The Morgan fingerprint density at radius 1 is 1.36 bits per heavy atom. The van der Waals surface area contributed by atoms with E-state index in [4.69, 9.17) is 4.74 Å². The number of hydrogen-bond donors (Lipinski definition) is 2. The summed E-state index contributed by atoms with van der Waals surface area (Å²) in [4.78, 5) is 19.4. The number of aromatic nitrogens is 4. The van der Waals surface area contributed by atoms with Gasteiger partial charge >= 0.3 is 0 Å². The average molecular weight is 406 g/mol. The van der Waals surface area contributed by atoms with E-state index >= 15 is 0 Å². The Morgan fingerprint density at radius 3 is 2.88 bits per heavy atom. The van der Waals surface area contributed by atoms with Gasteiger partial charge in [-0.2, -0.15) is 10.1 Å². The maximum absolute atomic E-state index is 12.2. The molecule has 132 valence electrons. The Bertz CT molecular complexity index is 942. The van der Waals surface area contributed by atoms with E-state index in [1.807, 2.05) is 45.0 Å². The molecule has 8 heteroatoms. The molecular weight excluding hydrogens is 386 g/mol. The van der Waals surface area contributed by atoms with Gasteiger partial charge in [-0.3, -0.25) is 9.78 Å². The van der Waals surface area contributed by atoms with E-state index < -0.39 is 0 Å². The van der Waals surface area contributed by atoms with E-state index in [0.29, 0.717) is 30.1 Å².